The molecule has 3 nitrogen and oxygen atoms in total. The van der Waals surface area contributed by atoms with Crippen molar-refractivity contribution in [3.05, 3.63) is 17.9 Å². The fraction of sp³-hybridized carbons (Fsp3) is 0.625. The smallest absolute Gasteiger partial charge is 0.167 e. The van der Waals surface area contributed by atoms with E-state index in [1.807, 2.05) is 6.92 Å². The first-order chi connectivity index (χ1) is 9.53. The van der Waals surface area contributed by atoms with E-state index in [0.717, 1.165) is 24.9 Å². The average molecular weight is 282 g/mol. The maximum atomic E-state index is 13.7. The Kier molecular flexibility index (Phi) is 6.62. The molecule has 1 aromatic carbocycles. The van der Waals surface area contributed by atoms with Crippen molar-refractivity contribution in [1.29, 1.82) is 0 Å². The molecule has 0 fully saturated rings. The highest BCUT2D eigenvalue weighted by molar-refractivity contribution is 5.69. The van der Waals surface area contributed by atoms with Crippen LogP contribution in [0.15, 0.2) is 12.1 Å². The van der Waals surface area contributed by atoms with E-state index in [-0.39, 0.29) is 11.8 Å². The second kappa shape index (κ2) is 7.98. The van der Waals surface area contributed by atoms with E-state index >= 15 is 0 Å². The predicted molar refractivity (Wildman–Crippen MR) is 83.8 cm³/mol. The summed E-state index contributed by atoms with van der Waals surface area (Å²) in [6.45, 7) is 8.98. The molecular formula is C16H27FN2O. The van der Waals surface area contributed by atoms with E-state index in [1.165, 1.54) is 6.07 Å². The number of hydrogen-bond acceptors (Lipinski definition) is 3. The van der Waals surface area contributed by atoms with Crippen LogP contribution in [0, 0.1) is 11.7 Å². The summed E-state index contributed by atoms with van der Waals surface area (Å²) in [5.74, 6) is 0.427. The highest BCUT2D eigenvalue weighted by Crippen LogP contribution is 2.30. The Hall–Kier alpha value is -1.45. The summed E-state index contributed by atoms with van der Waals surface area (Å²) in [7, 11) is 0. The van der Waals surface area contributed by atoms with E-state index in [4.69, 9.17) is 10.5 Å². The molecule has 1 unspecified atom stereocenters. The predicted octanol–water partition coefficient (Wildman–Crippen LogP) is 4.43. The molecule has 4 heteroatoms. The monoisotopic (exact) mass is 282 g/mol. The summed E-state index contributed by atoms with van der Waals surface area (Å²) in [6.07, 6.45) is 3.05. The number of rotatable bonds is 8. The number of halogens is 1. The van der Waals surface area contributed by atoms with Gasteiger partial charge in [0, 0.05) is 18.2 Å². The number of hydrogen-bond donors (Lipinski definition) is 2. The Labute approximate surface area is 121 Å². The number of nitrogens with one attached hydrogen (secondary N) is 1. The average Bonchev–Trinajstić information content (AvgIpc) is 2.42. The lowest BCUT2D eigenvalue weighted by Gasteiger charge is -2.24. The topological polar surface area (TPSA) is 47.3 Å². The third-order valence-corrected chi connectivity index (χ3v) is 3.70. The van der Waals surface area contributed by atoms with Crippen LogP contribution in [0.4, 0.5) is 15.8 Å². The summed E-state index contributed by atoms with van der Waals surface area (Å²) in [5.41, 5.74) is 7.06. The van der Waals surface area contributed by atoms with Gasteiger partial charge in [0.15, 0.2) is 11.6 Å². The lowest BCUT2D eigenvalue weighted by molar-refractivity contribution is 0.301. The molecule has 0 bridgehead atoms. The van der Waals surface area contributed by atoms with Crippen molar-refractivity contribution >= 4 is 11.4 Å². The Bertz CT molecular complexity index is 419. The quantitative estimate of drug-likeness (QED) is 0.693. The highest BCUT2D eigenvalue weighted by atomic mass is 19.1. The number of anilines is 2. The maximum absolute atomic E-state index is 13.7. The molecule has 0 aliphatic rings. The Morgan fingerprint density at radius 1 is 1.25 bits per heavy atom. The summed E-state index contributed by atoms with van der Waals surface area (Å²) >= 11 is 0. The van der Waals surface area contributed by atoms with Gasteiger partial charge in [0.2, 0.25) is 0 Å². The first-order valence-corrected chi connectivity index (χ1v) is 7.51. The van der Waals surface area contributed by atoms with Gasteiger partial charge in [-0.25, -0.2) is 4.39 Å². The first kappa shape index (κ1) is 16.6. The third-order valence-electron chi connectivity index (χ3n) is 3.70. The van der Waals surface area contributed by atoms with E-state index in [0.29, 0.717) is 18.2 Å². The zero-order valence-electron chi connectivity index (χ0n) is 13.0. The minimum atomic E-state index is -0.406. The SMILES string of the molecule is CCCOc1cc(NC(C)C(CC)CC)c(N)cc1F. The molecule has 20 heavy (non-hydrogen) atoms. The van der Waals surface area contributed by atoms with Crippen molar-refractivity contribution < 1.29 is 9.13 Å². The largest absolute Gasteiger partial charge is 0.490 e. The van der Waals surface area contributed by atoms with Crippen molar-refractivity contribution in [3.8, 4) is 5.75 Å². The third kappa shape index (κ3) is 4.29. The molecule has 0 aliphatic heterocycles. The van der Waals surface area contributed by atoms with Gasteiger partial charge in [0.25, 0.3) is 0 Å². The van der Waals surface area contributed by atoms with Gasteiger partial charge in [0.05, 0.1) is 18.0 Å². The molecule has 3 N–H and O–H groups in total. The van der Waals surface area contributed by atoms with Crippen LogP contribution in [-0.4, -0.2) is 12.6 Å². The maximum Gasteiger partial charge on any atom is 0.167 e. The minimum Gasteiger partial charge on any atom is -0.490 e. The number of ether oxygens (including phenoxy) is 1. The summed E-state index contributed by atoms with van der Waals surface area (Å²) in [5, 5.41) is 3.38. The Balaban J connectivity index is 2.88. The normalized spacial score (nSPS) is 12.5. The van der Waals surface area contributed by atoms with E-state index in [1.54, 1.807) is 6.07 Å². The van der Waals surface area contributed by atoms with Crippen molar-refractivity contribution in [2.45, 2.75) is 53.0 Å². The van der Waals surface area contributed by atoms with Gasteiger partial charge < -0.3 is 15.8 Å². The molecule has 0 spiro atoms. The van der Waals surface area contributed by atoms with Gasteiger partial charge in [-0.2, -0.15) is 0 Å². The lowest BCUT2D eigenvalue weighted by Crippen LogP contribution is -2.25. The van der Waals surface area contributed by atoms with Gasteiger partial charge >= 0.3 is 0 Å². The Morgan fingerprint density at radius 3 is 2.45 bits per heavy atom. The molecule has 1 aromatic rings. The zero-order valence-corrected chi connectivity index (χ0v) is 13.0. The van der Waals surface area contributed by atoms with Crippen LogP contribution < -0.4 is 15.8 Å². The van der Waals surface area contributed by atoms with Crippen LogP contribution in [0.2, 0.25) is 0 Å². The second-order valence-corrected chi connectivity index (χ2v) is 5.23. The summed E-state index contributed by atoms with van der Waals surface area (Å²) < 4.78 is 19.2. The molecule has 0 amide bonds. The van der Waals surface area contributed by atoms with Crippen molar-refractivity contribution in [3.63, 3.8) is 0 Å². The fourth-order valence-electron chi connectivity index (χ4n) is 2.38. The number of nitrogens with two attached hydrogens (primary N) is 1. The van der Waals surface area contributed by atoms with Gasteiger partial charge in [-0.05, 0) is 19.3 Å². The molecule has 0 saturated carbocycles. The Morgan fingerprint density at radius 2 is 1.90 bits per heavy atom. The highest BCUT2D eigenvalue weighted by Gasteiger charge is 2.16. The van der Waals surface area contributed by atoms with Crippen LogP contribution in [0.25, 0.3) is 0 Å². The van der Waals surface area contributed by atoms with Crippen LogP contribution >= 0.6 is 0 Å². The van der Waals surface area contributed by atoms with Crippen LogP contribution in [-0.2, 0) is 0 Å². The first-order valence-electron chi connectivity index (χ1n) is 7.51. The number of benzene rings is 1. The van der Waals surface area contributed by atoms with Crippen molar-refractivity contribution in [1.82, 2.24) is 0 Å². The standard InChI is InChI=1S/C16H27FN2O/c1-5-8-20-16-10-15(14(18)9-13(16)17)19-11(4)12(6-2)7-3/h9-12,19H,5-8,18H2,1-4H3. The van der Waals surface area contributed by atoms with E-state index in [2.05, 4.69) is 26.1 Å². The van der Waals surface area contributed by atoms with Crippen LogP contribution in [0.1, 0.15) is 47.0 Å². The van der Waals surface area contributed by atoms with Gasteiger partial charge in [-0.3, -0.25) is 0 Å². The van der Waals surface area contributed by atoms with Crippen LogP contribution in [0.3, 0.4) is 0 Å². The zero-order chi connectivity index (χ0) is 15.1. The lowest BCUT2D eigenvalue weighted by atomic mass is 9.95. The molecule has 1 rings (SSSR count). The summed E-state index contributed by atoms with van der Waals surface area (Å²) in [6, 6.07) is 3.28. The fourth-order valence-corrected chi connectivity index (χ4v) is 2.38. The molecule has 114 valence electrons. The van der Waals surface area contributed by atoms with Gasteiger partial charge in [0.1, 0.15) is 0 Å². The van der Waals surface area contributed by atoms with E-state index < -0.39 is 5.82 Å². The molecule has 0 saturated heterocycles. The summed E-state index contributed by atoms with van der Waals surface area (Å²) in [4.78, 5) is 0. The van der Waals surface area contributed by atoms with E-state index in [9.17, 15) is 4.39 Å². The molecule has 0 radical (unpaired) electrons. The van der Waals surface area contributed by atoms with Gasteiger partial charge in [-0.15, -0.1) is 0 Å². The molecule has 0 aliphatic carbocycles. The molecule has 0 heterocycles. The molecule has 1 atom stereocenters. The molecule has 0 aromatic heterocycles. The van der Waals surface area contributed by atoms with Crippen molar-refractivity contribution in [2.24, 2.45) is 5.92 Å². The number of nitrogen functional groups attached to an aromatic ring is 1. The van der Waals surface area contributed by atoms with Gasteiger partial charge in [-0.1, -0.05) is 33.6 Å². The molecular weight excluding hydrogens is 255 g/mol. The van der Waals surface area contributed by atoms with Crippen molar-refractivity contribution in [2.75, 3.05) is 17.7 Å². The second-order valence-electron chi connectivity index (χ2n) is 5.23. The minimum absolute atomic E-state index is 0.264. The van der Waals surface area contributed by atoms with Crippen LogP contribution in [0.5, 0.6) is 5.75 Å².